The van der Waals surface area contributed by atoms with Gasteiger partial charge in [-0.25, -0.2) is 8.42 Å². The number of nitrogens with zero attached hydrogens (tertiary/aromatic N) is 1. The van der Waals surface area contributed by atoms with E-state index in [0.29, 0.717) is 18.1 Å². The molecule has 0 aliphatic carbocycles. The molecule has 1 aromatic carbocycles. The second-order valence-corrected chi connectivity index (χ2v) is 8.64. The molecule has 1 aliphatic heterocycles. The van der Waals surface area contributed by atoms with Gasteiger partial charge in [-0.1, -0.05) is 31.5 Å². The Labute approximate surface area is 140 Å². The minimum atomic E-state index is -2.82. The summed E-state index contributed by atoms with van der Waals surface area (Å²) in [6.45, 7) is 6.79. The average Bonchev–Trinajstić information content (AvgIpc) is 2.88. The van der Waals surface area contributed by atoms with Gasteiger partial charge in [-0.05, 0) is 44.4 Å². The Bertz CT molecular complexity index is 586. The number of unbranched alkanes of at least 4 members (excludes halogenated alkanes) is 1. The number of ether oxygens (including phenoxy) is 1. The van der Waals surface area contributed by atoms with Crippen LogP contribution in [0, 0.1) is 6.92 Å². The highest BCUT2D eigenvalue weighted by Gasteiger charge is 2.31. The highest BCUT2D eigenvalue weighted by molar-refractivity contribution is 7.91. The van der Waals surface area contributed by atoms with E-state index in [4.69, 9.17) is 4.74 Å². The number of rotatable bonds is 9. The van der Waals surface area contributed by atoms with Crippen LogP contribution >= 0.6 is 0 Å². The van der Waals surface area contributed by atoms with Crippen LogP contribution in [-0.2, 0) is 9.84 Å². The van der Waals surface area contributed by atoms with Crippen LogP contribution in [0.25, 0.3) is 0 Å². The van der Waals surface area contributed by atoms with E-state index in [2.05, 4.69) is 11.8 Å². The van der Waals surface area contributed by atoms with Crippen molar-refractivity contribution >= 4 is 9.84 Å². The number of aryl methyl sites for hydroxylation is 1. The second-order valence-electron chi connectivity index (χ2n) is 6.41. The van der Waals surface area contributed by atoms with Gasteiger partial charge in [-0.3, -0.25) is 4.90 Å². The molecule has 0 radical (unpaired) electrons. The molecule has 1 saturated heterocycles. The lowest BCUT2D eigenvalue weighted by Crippen LogP contribution is -2.38. The van der Waals surface area contributed by atoms with E-state index in [1.165, 1.54) is 0 Å². The lowest BCUT2D eigenvalue weighted by atomic mass is 10.2. The Kier molecular flexibility index (Phi) is 6.90. The number of hydrogen-bond donors (Lipinski definition) is 0. The third-order valence-electron chi connectivity index (χ3n) is 4.46. The first-order chi connectivity index (χ1) is 11.0. The van der Waals surface area contributed by atoms with E-state index in [1.807, 2.05) is 31.2 Å². The molecule has 0 bridgehead atoms. The molecule has 1 unspecified atom stereocenters. The quantitative estimate of drug-likeness (QED) is 0.649. The molecule has 0 saturated carbocycles. The van der Waals surface area contributed by atoms with Gasteiger partial charge < -0.3 is 4.74 Å². The highest BCUT2D eigenvalue weighted by atomic mass is 32.2. The Balaban J connectivity index is 1.80. The summed E-state index contributed by atoms with van der Waals surface area (Å²) < 4.78 is 29.3. The third-order valence-corrected chi connectivity index (χ3v) is 6.21. The van der Waals surface area contributed by atoms with E-state index in [0.717, 1.165) is 50.1 Å². The van der Waals surface area contributed by atoms with Gasteiger partial charge in [0.2, 0.25) is 0 Å². The average molecular weight is 340 g/mol. The Hall–Kier alpha value is -1.07. The molecule has 5 heteroatoms. The van der Waals surface area contributed by atoms with Crippen molar-refractivity contribution in [3.63, 3.8) is 0 Å². The van der Waals surface area contributed by atoms with Crippen molar-refractivity contribution in [2.24, 2.45) is 0 Å². The van der Waals surface area contributed by atoms with Crippen molar-refractivity contribution in [3.05, 3.63) is 29.8 Å². The summed E-state index contributed by atoms with van der Waals surface area (Å²) in [7, 11) is -2.82. The first-order valence-electron chi connectivity index (χ1n) is 8.65. The van der Waals surface area contributed by atoms with E-state index in [1.54, 1.807) is 0 Å². The number of hydrogen-bond acceptors (Lipinski definition) is 4. The summed E-state index contributed by atoms with van der Waals surface area (Å²) in [5.74, 6) is 1.62. The van der Waals surface area contributed by atoms with Crippen LogP contribution in [0.5, 0.6) is 5.75 Å². The molecule has 1 fully saturated rings. The lowest BCUT2D eigenvalue weighted by molar-refractivity contribution is 0.188. The van der Waals surface area contributed by atoms with Gasteiger partial charge in [0.1, 0.15) is 5.75 Å². The van der Waals surface area contributed by atoms with Crippen molar-refractivity contribution in [2.75, 3.05) is 31.2 Å². The van der Waals surface area contributed by atoms with Crippen molar-refractivity contribution in [1.82, 2.24) is 4.90 Å². The van der Waals surface area contributed by atoms with E-state index < -0.39 is 9.84 Å². The van der Waals surface area contributed by atoms with Crippen LogP contribution in [0.3, 0.4) is 0 Å². The van der Waals surface area contributed by atoms with Crippen LogP contribution in [0.4, 0.5) is 0 Å². The number of para-hydroxylation sites is 1. The normalized spacial score (nSPS) is 20.0. The van der Waals surface area contributed by atoms with Crippen molar-refractivity contribution in [3.8, 4) is 5.75 Å². The summed E-state index contributed by atoms with van der Waals surface area (Å²) in [4.78, 5) is 2.36. The predicted octanol–water partition coefficient (Wildman–Crippen LogP) is 3.05. The summed E-state index contributed by atoms with van der Waals surface area (Å²) in [5, 5.41) is 0. The molecule has 0 aromatic heterocycles. The molecule has 4 nitrogen and oxygen atoms in total. The summed E-state index contributed by atoms with van der Waals surface area (Å²) in [6.07, 6.45) is 3.96. The minimum Gasteiger partial charge on any atom is -0.493 e. The standard InChI is InChI=1S/C18H29NO3S/c1-3-4-11-19(17-10-14-23(20,21)15-17)12-7-13-22-18-9-6-5-8-16(18)2/h5-6,8-9,17H,3-4,7,10-15H2,1-2H3. The topological polar surface area (TPSA) is 46.6 Å². The molecule has 23 heavy (non-hydrogen) atoms. The summed E-state index contributed by atoms with van der Waals surface area (Å²) in [6, 6.07) is 8.24. The molecule has 1 aliphatic rings. The fourth-order valence-corrected chi connectivity index (χ4v) is 4.83. The third kappa shape index (κ3) is 5.81. The van der Waals surface area contributed by atoms with Gasteiger partial charge in [-0.2, -0.15) is 0 Å². The molecule has 1 aromatic rings. The highest BCUT2D eigenvalue weighted by Crippen LogP contribution is 2.19. The molecule has 0 spiro atoms. The fraction of sp³-hybridized carbons (Fsp3) is 0.667. The Morgan fingerprint density at radius 1 is 1.22 bits per heavy atom. The first-order valence-corrected chi connectivity index (χ1v) is 10.5. The van der Waals surface area contributed by atoms with Crippen LogP contribution in [0.1, 0.15) is 38.2 Å². The Morgan fingerprint density at radius 3 is 2.61 bits per heavy atom. The second kappa shape index (κ2) is 8.69. The smallest absolute Gasteiger partial charge is 0.151 e. The van der Waals surface area contributed by atoms with Gasteiger partial charge in [0.15, 0.2) is 9.84 Å². The van der Waals surface area contributed by atoms with E-state index >= 15 is 0 Å². The van der Waals surface area contributed by atoms with Gasteiger partial charge in [-0.15, -0.1) is 0 Å². The molecule has 1 atom stereocenters. The van der Waals surface area contributed by atoms with Gasteiger partial charge >= 0.3 is 0 Å². The zero-order chi connectivity index (χ0) is 16.7. The monoisotopic (exact) mass is 339 g/mol. The fourth-order valence-electron chi connectivity index (χ4n) is 3.07. The molecular weight excluding hydrogens is 310 g/mol. The SMILES string of the molecule is CCCCN(CCCOc1ccccc1C)C1CCS(=O)(=O)C1. The van der Waals surface area contributed by atoms with Crippen LogP contribution in [-0.4, -0.2) is 50.6 Å². The van der Waals surface area contributed by atoms with Gasteiger partial charge in [0.05, 0.1) is 18.1 Å². The number of sulfone groups is 1. The van der Waals surface area contributed by atoms with Gasteiger partial charge in [0.25, 0.3) is 0 Å². The Morgan fingerprint density at radius 2 is 1.96 bits per heavy atom. The summed E-state index contributed by atoms with van der Waals surface area (Å²) in [5.41, 5.74) is 1.15. The molecule has 1 heterocycles. The van der Waals surface area contributed by atoms with E-state index in [-0.39, 0.29) is 6.04 Å². The van der Waals surface area contributed by atoms with Gasteiger partial charge in [0, 0.05) is 12.6 Å². The molecule has 0 amide bonds. The molecular formula is C18H29NO3S. The number of benzene rings is 1. The zero-order valence-corrected chi connectivity index (χ0v) is 15.1. The molecule has 0 N–H and O–H groups in total. The van der Waals surface area contributed by atoms with Crippen LogP contribution < -0.4 is 4.74 Å². The molecule has 2 rings (SSSR count). The first kappa shape index (κ1) is 18.3. The maximum Gasteiger partial charge on any atom is 0.151 e. The van der Waals surface area contributed by atoms with Crippen LogP contribution in [0.15, 0.2) is 24.3 Å². The van der Waals surface area contributed by atoms with Crippen molar-refractivity contribution < 1.29 is 13.2 Å². The van der Waals surface area contributed by atoms with Crippen LogP contribution in [0.2, 0.25) is 0 Å². The largest absolute Gasteiger partial charge is 0.493 e. The van der Waals surface area contributed by atoms with Crippen molar-refractivity contribution in [2.45, 2.75) is 45.6 Å². The maximum absolute atomic E-state index is 11.7. The zero-order valence-electron chi connectivity index (χ0n) is 14.3. The van der Waals surface area contributed by atoms with Crippen molar-refractivity contribution in [1.29, 1.82) is 0 Å². The van der Waals surface area contributed by atoms with E-state index in [9.17, 15) is 8.42 Å². The lowest BCUT2D eigenvalue weighted by Gasteiger charge is -2.28. The minimum absolute atomic E-state index is 0.199. The predicted molar refractivity (Wildman–Crippen MR) is 94.8 cm³/mol. The summed E-state index contributed by atoms with van der Waals surface area (Å²) >= 11 is 0. The molecule has 130 valence electrons. The maximum atomic E-state index is 11.7.